The number of fused-ring (bicyclic) bond motifs is 1. The quantitative estimate of drug-likeness (QED) is 0.599. The average Bonchev–Trinajstić information content (AvgIpc) is 3.08. The average molecular weight is 432 g/mol. The fourth-order valence-electron chi connectivity index (χ4n) is 4.17. The summed E-state index contributed by atoms with van der Waals surface area (Å²) in [5.74, 6) is 1.06. The Morgan fingerprint density at radius 2 is 2.03 bits per heavy atom. The number of carbonyl (C=O) groups excluding carboxylic acids is 1. The van der Waals surface area contributed by atoms with E-state index >= 15 is 0 Å². The van der Waals surface area contributed by atoms with Crippen molar-refractivity contribution in [1.82, 2.24) is 20.3 Å². The van der Waals surface area contributed by atoms with Crippen molar-refractivity contribution in [3.8, 4) is 17.0 Å². The Hall–Kier alpha value is -3.48. The first-order valence-electron chi connectivity index (χ1n) is 10.8. The summed E-state index contributed by atoms with van der Waals surface area (Å²) in [6, 6.07) is 7.97. The summed E-state index contributed by atoms with van der Waals surface area (Å²) >= 11 is 0. The minimum absolute atomic E-state index is 0.107. The van der Waals surface area contributed by atoms with E-state index in [4.69, 9.17) is 14.7 Å². The van der Waals surface area contributed by atoms with Gasteiger partial charge in [0.05, 0.1) is 18.5 Å². The molecule has 2 heterocycles. The molecule has 0 spiro atoms. The Balaban J connectivity index is 1.68. The smallest absolute Gasteiger partial charge is 0.227 e. The van der Waals surface area contributed by atoms with E-state index in [9.17, 15) is 4.79 Å². The summed E-state index contributed by atoms with van der Waals surface area (Å²) in [4.78, 5) is 25.4. The number of nitrogens with zero attached hydrogens (tertiary/aromatic N) is 3. The number of nitrogens with one attached hydrogen (secondary N) is 2. The molecular weight excluding hydrogens is 402 g/mol. The molecule has 3 aromatic rings. The van der Waals surface area contributed by atoms with Crippen molar-refractivity contribution in [3.63, 3.8) is 0 Å². The van der Waals surface area contributed by atoms with Gasteiger partial charge < -0.3 is 15.4 Å². The number of benzene rings is 1. The van der Waals surface area contributed by atoms with E-state index in [2.05, 4.69) is 35.5 Å². The van der Waals surface area contributed by atoms with Crippen molar-refractivity contribution >= 4 is 17.5 Å². The fourth-order valence-corrected chi connectivity index (χ4v) is 4.17. The van der Waals surface area contributed by atoms with Crippen LogP contribution >= 0.6 is 0 Å². The lowest BCUT2D eigenvalue weighted by Gasteiger charge is -2.19. The molecule has 1 aliphatic carbocycles. The largest absolute Gasteiger partial charge is 0.496 e. The number of aryl methyl sites for hydroxylation is 2. The van der Waals surface area contributed by atoms with Gasteiger partial charge in [0.1, 0.15) is 5.75 Å². The van der Waals surface area contributed by atoms with Crippen molar-refractivity contribution in [1.29, 1.82) is 0 Å². The molecule has 1 aliphatic rings. The predicted molar refractivity (Wildman–Crippen MR) is 125 cm³/mol. The maximum Gasteiger partial charge on any atom is 0.227 e. The minimum atomic E-state index is -0.107. The van der Waals surface area contributed by atoms with Gasteiger partial charge in [0.25, 0.3) is 0 Å². The van der Waals surface area contributed by atoms with E-state index in [-0.39, 0.29) is 11.3 Å². The highest BCUT2D eigenvalue weighted by atomic mass is 16.5. The Morgan fingerprint density at radius 3 is 2.78 bits per heavy atom. The standard InChI is InChI=1S/C25H29N5O2/c1-15-6-7-22(32-5)18(14-27-16(2)31)23(15)30-24-26-11-9-20(29-24)17-12-19-21(28-13-17)8-10-25(19,3)4/h6-7,9,11-13H,8,10,14H2,1-5H3,(H,27,31)(H,26,29,30). The highest BCUT2D eigenvalue weighted by Crippen LogP contribution is 2.39. The molecule has 1 aromatic carbocycles. The number of hydrogen-bond donors (Lipinski definition) is 2. The van der Waals surface area contributed by atoms with Crippen LogP contribution < -0.4 is 15.4 Å². The van der Waals surface area contributed by atoms with E-state index < -0.39 is 0 Å². The molecule has 2 aromatic heterocycles. The van der Waals surface area contributed by atoms with Crippen molar-refractivity contribution in [2.45, 2.75) is 52.5 Å². The summed E-state index contributed by atoms with van der Waals surface area (Å²) in [5.41, 5.74) is 7.06. The van der Waals surface area contributed by atoms with Crippen LogP contribution in [0, 0.1) is 6.92 Å². The van der Waals surface area contributed by atoms with Gasteiger partial charge in [-0.25, -0.2) is 9.97 Å². The number of rotatable bonds is 6. The lowest BCUT2D eigenvalue weighted by atomic mass is 9.86. The van der Waals surface area contributed by atoms with E-state index in [0.717, 1.165) is 40.9 Å². The second-order valence-corrected chi connectivity index (χ2v) is 8.84. The molecule has 0 fully saturated rings. The monoisotopic (exact) mass is 431 g/mol. The Morgan fingerprint density at radius 1 is 1.22 bits per heavy atom. The third kappa shape index (κ3) is 4.28. The highest BCUT2D eigenvalue weighted by Gasteiger charge is 2.31. The summed E-state index contributed by atoms with van der Waals surface area (Å²) < 4.78 is 5.53. The number of amides is 1. The van der Waals surface area contributed by atoms with Crippen LogP contribution in [0.1, 0.15) is 49.6 Å². The molecule has 7 nitrogen and oxygen atoms in total. The normalized spacial score (nSPS) is 14.0. The Kier molecular flexibility index (Phi) is 5.82. The van der Waals surface area contributed by atoms with Crippen molar-refractivity contribution in [2.75, 3.05) is 12.4 Å². The zero-order chi connectivity index (χ0) is 22.9. The number of methoxy groups -OCH3 is 1. The highest BCUT2D eigenvalue weighted by molar-refractivity contribution is 5.74. The number of aromatic nitrogens is 3. The van der Waals surface area contributed by atoms with Crippen LogP contribution in [0.3, 0.4) is 0 Å². The second-order valence-electron chi connectivity index (χ2n) is 8.84. The summed E-state index contributed by atoms with van der Waals surface area (Å²) in [7, 11) is 1.62. The first-order valence-corrected chi connectivity index (χ1v) is 10.8. The van der Waals surface area contributed by atoms with Crippen molar-refractivity contribution in [3.05, 3.63) is 59.0 Å². The maximum atomic E-state index is 11.5. The van der Waals surface area contributed by atoms with Crippen molar-refractivity contribution < 1.29 is 9.53 Å². The first-order chi connectivity index (χ1) is 15.3. The van der Waals surface area contributed by atoms with E-state index in [1.165, 1.54) is 18.2 Å². The van der Waals surface area contributed by atoms with Gasteiger partial charge >= 0.3 is 0 Å². The van der Waals surface area contributed by atoms with E-state index in [0.29, 0.717) is 18.2 Å². The minimum Gasteiger partial charge on any atom is -0.496 e. The van der Waals surface area contributed by atoms with Gasteiger partial charge in [-0.05, 0) is 54.5 Å². The van der Waals surface area contributed by atoms with Gasteiger partial charge in [-0.15, -0.1) is 0 Å². The molecule has 7 heteroatoms. The molecule has 0 atom stereocenters. The van der Waals surface area contributed by atoms with Crippen LogP contribution in [-0.2, 0) is 23.2 Å². The second kappa shape index (κ2) is 8.57. The van der Waals surface area contributed by atoms with Crippen LogP contribution in [0.5, 0.6) is 5.75 Å². The molecule has 0 bridgehead atoms. The van der Waals surface area contributed by atoms with E-state index in [1.807, 2.05) is 31.3 Å². The van der Waals surface area contributed by atoms with Crippen molar-refractivity contribution in [2.24, 2.45) is 0 Å². The van der Waals surface area contributed by atoms with Gasteiger partial charge in [0, 0.05) is 42.7 Å². The summed E-state index contributed by atoms with van der Waals surface area (Å²) in [5, 5.41) is 6.19. The molecule has 0 unspecified atom stereocenters. The molecule has 0 saturated carbocycles. The zero-order valence-corrected chi connectivity index (χ0v) is 19.2. The third-order valence-corrected chi connectivity index (χ3v) is 6.09. The molecule has 0 saturated heterocycles. The molecule has 4 rings (SSSR count). The van der Waals surface area contributed by atoms with Gasteiger partial charge in [-0.2, -0.15) is 0 Å². The number of ether oxygens (including phenoxy) is 1. The topological polar surface area (TPSA) is 89.0 Å². The molecule has 0 radical (unpaired) electrons. The molecule has 0 aliphatic heterocycles. The molecule has 32 heavy (non-hydrogen) atoms. The maximum absolute atomic E-state index is 11.5. The van der Waals surface area contributed by atoms with Crippen LogP contribution in [0.25, 0.3) is 11.3 Å². The molecular formula is C25H29N5O2. The molecule has 1 amide bonds. The zero-order valence-electron chi connectivity index (χ0n) is 19.2. The summed E-state index contributed by atoms with van der Waals surface area (Å²) in [6.07, 6.45) is 5.77. The lowest BCUT2D eigenvalue weighted by Crippen LogP contribution is -2.20. The Bertz CT molecular complexity index is 1170. The predicted octanol–water partition coefficient (Wildman–Crippen LogP) is 4.46. The van der Waals surface area contributed by atoms with E-state index in [1.54, 1.807) is 13.3 Å². The van der Waals surface area contributed by atoms with Gasteiger partial charge in [0.15, 0.2) is 0 Å². The lowest BCUT2D eigenvalue weighted by molar-refractivity contribution is -0.119. The van der Waals surface area contributed by atoms with Gasteiger partial charge in [0.2, 0.25) is 11.9 Å². The number of hydrogen-bond acceptors (Lipinski definition) is 6. The fraction of sp³-hybridized carbons (Fsp3) is 0.360. The number of carbonyl (C=O) groups is 1. The SMILES string of the molecule is COc1ccc(C)c(Nc2nccc(-c3cnc4c(c3)C(C)(C)CC4)n2)c1CNC(C)=O. The first kappa shape index (κ1) is 21.7. The van der Waals surface area contributed by atoms with Crippen LogP contribution in [0.2, 0.25) is 0 Å². The van der Waals surface area contributed by atoms with Crippen LogP contribution in [0.4, 0.5) is 11.6 Å². The summed E-state index contributed by atoms with van der Waals surface area (Å²) in [6.45, 7) is 8.36. The molecule has 2 N–H and O–H groups in total. The van der Waals surface area contributed by atoms with Crippen LogP contribution in [0.15, 0.2) is 36.7 Å². The number of pyridine rings is 1. The number of anilines is 2. The van der Waals surface area contributed by atoms with Crippen LogP contribution in [-0.4, -0.2) is 28.0 Å². The molecule has 166 valence electrons. The van der Waals surface area contributed by atoms with Gasteiger partial charge in [-0.3, -0.25) is 9.78 Å². The Labute approximate surface area is 188 Å². The van der Waals surface area contributed by atoms with Gasteiger partial charge in [-0.1, -0.05) is 19.9 Å². The third-order valence-electron chi connectivity index (χ3n) is 6.09.